The van der Waals surface area contributed by atoms with Gasteiger partial charge in [0.25, 0.3) is 5.91 Å². The van der Waals surface area contributed by atoms with Gasteiger partial charge in [0.15, 0.2) is 5.76 Å². The van der Waals surface area contributed by atoms with Crippen molar-refractivity contribution >= 4 is 5.91 Å². The number of carbonyl (C=O) groups excluding carboxylic acids is 1. The molecule has 0 unspecified atom stereocenters. The quantitative estimate of drug-likeness (QED) is 0.798. The van der Waals surface area contributed by atoms with E-state index >= 15 is 0 Å². The van der Waals surface area contributed by atoms with Crippen LogP contribution in [0.2, 0.25) is 0 Å². The minimum atomic E-state index is -0.156. The van der Waals surface area contributed by atoms with E-state index < -0.39 is 0 Å². The van der Waals surface area contributed by atoms with Gasteiger partial charge < -0.3 is 19.2 Å². The van der Waals surface area contributed by atoms with Gasteiger partial charge in [-0.15, -0.1) is 0 Å². The molecule has 1 aromatic rings. The van der Waals surface area contributed by atoms with E-state index in [9.17, 15) is 4.79 Å². The summed E-state index contributed by atoms with van der Waals surface area (Å²) in [5.74, 6) is 0.995. The highest BCUT2D eigenvalue weighted by molar-refractivity contribution is 5.91. The van der Waals surface area contributed by atoms with E-state index in [4.69, 9.17) is 14.3 Å². The summed E-state index contributed by atoms with van der Waals surface area (Å²) in [6.07, 6.45) is 0.765. The van der Waals surface area contributed by atoms with Crippen molar-refractivity contribution in [2.75, 3.05) is 52.5 Å². The van der Waals surface area contributed by atoms with Gasteiger partial charge in [-0.25, -0.2) is 0 Å². The number of aryl methyl sites for hydroxylation is 1. The van der Waals surface area contributed by atoms with Crippen molar-refractivity contribution in [1.29, 1.82) is 0 Å². The zero-order valence-corrected chi connectivity index (χ0v) is 12.6. The second-order valence-electron chi connectivity index (χ2n) is 5.09. The Hall–Kier alpha value is -1.37. The van der Waals surface area contributed by atoms with Crippen molar-refractivity contribution in [3.63, 3.8) is 0 Å². The van der Waals surface area contributed by atoms with E-state index in [1.54, 1.807) is 11.0 Å². The van der Waals surface area contributed by atoms with Crippen LogP contribution in [0.5, 0.6) is 0 Å². The molecule has 0 saturated carbocycles. The van der Waals surface area contributed by atoms with Crippen LogP contribution in [0, 0.1) is 0 Å². The summed E-state index contributed by atoms with van der Waals surface area (Å²) in [5.41, 5.74) is 0. The number of aliphatic hydroxyl groups is 1. The highest BCUT2D eigenvalue weighted by Gasteiger charge is 2.20. The van der Waals surface area contributed by atoms with Crippen molar-refractivity contribution in [3.05, 3.63) is 23.7 Å². The Kier molecular flexibility index (Phi) is 6.22. The summed E-state index contributed by atoms with van der Waals surface area (Å²) >= 11 is 0. The number of carbonyl (C=O) groups is 1. The van der Waals surface area contributed by atoms with Crippen molar-refractivity contribution in [2.45, 2.75) is 13.3 Å². The first kappa shape index (κ1) is 16.0. The molecule has 1 fully saturated rings. The lowest BCUT2D eigenvalue weighted by Crippen LogP contribution is -2.43. The zero-order valence-electron chi connectivity index (χ0n) is 12.6. The maximum atomic E-state index is 12.4. The molecule has 1 N–H and O–H groups in total. The lowest BCUT2D eigenvalue weighted by Gasteiger charge is -2.29. The van der Waals surface area contributed by atoms with Gasteiger partial charge >= 0.3 is 0 Å². The van der Waals surface area contributed by atoms with Gasteiger partial charge in [-0.3, -0.25) is 9.69 Å². The summed E-state index contributed by atoms with van der Waals surface area (Å²) in [5, 5.41) is 9.16. The molecular weight excluding hydrogens is 272 g/mol. The largest absolute Gasteiger partial charge is 0.456 e. The minimum absolute atomic E-state index is 0.0454. The van der Waals surface area contributed by atoms with E-state index in [0.29, 0.717) is 18.8 Å². The van der Waals surface area contributed by atoms with E-state index in [2.05, 4.69) is 4.90 Å². The fourth-order valence-corrected chi connectivity index (χ4v) is 2.36. The average molecular weight is 296 g/mol. The molecule has 1 aromatic heterocycles. The third-order valence-electron chi connectivity index (χ3n) is 3.67. The van der Waals surface area contributed by atoms with E-state index in [1.807, 2.05) is 13.0 Å². The molecule has 2 rings (SSSR count). The summed E-state index contributed by atoms with van der Waals surface area (Å²) < 4.78 is 10.8. The molecule has 0 radical (unpaired) electrons. The Morgan fingerprint density at radius 3 is 2.71 bits per heavy atom. The molecular formula is C15H24N2O4. The van der Waals surface area contributed by atoms with Crippen LogP contribution in [0.1, 0.15) is 23.2 Å². The van der Waals surface area contributed by atoms with Crippen molar-refractivity contribution in [3.8, 4) is 0 Å². The summed E-state index contributed by atoms with van der Waals surface area (Å²) in [6, 6.07) is 3.53. The van der Waals surface area contributed by atoms with Gasteiger partial charge in [-0.2, -0.15) is 0 Å². The zero-order chi connectivity index (χ0) is 15.1. The summed E-state index contributed by atoms with van der Waals surface area (Å²) in [6.45, 7) is 6.90. The van der Waals surface area contributed by atoms with Gasteiger partial charge in [0, 0.05) is 39.1 Å². The first-order valence-electron chi connectivity index (χ1n) is 7.53. The summed E-state index contributed by atoms with van der Waals surface area (Å²) in [7, 11) is 0. The van der Waals surface area contributed by atoms with Crippen LogP contribution in [-0.2, 0) is 11.2 Å². The van der Waals surface area contributed by atoms with Crippen molar-refractivity contribution < 1.29 is 19.1 Å². The molecule has 6 nitrogen and oxygen atoms in total. The molecule has 0 spiro atoms. The second kappa shape index (κ2) is 8.17. The second-order valence-corrected chi connectivity index (χ2v) is 5.09. The van der Waals surface area contributed by atoms with Crippen LogP contribution < -0.4 is 0 Å². The Balaban J connectivity index is 1.91. The number of hydrogen-bond donors (Lipinski definition) is 1. The minimum Gasteiger partial charge on any atom is -0.456 e. The number of amides is 1. The molecule has 1 amide bonds. The Bertz CT molecular complexity index is 441. The molecule has 0 bridgehead atoms. The van der Waals surface area contributed by atoms with Crippen LogP contribution in [0.15, 0.2) is 16.5 Å². The topological polar surface area (TPSA) is 66.2 Å². The Morgan fingerprint density at radius 2 is 2.10 bits per heavy atom. The predicted molar refractivity (Wildman–Crippen MR) is 78.3 cm³/mol. The predicted octanol–water partition coefficient (Wildman–Crippen LogP) is 0.609. The molecule has 118 valence electrons. The Labute approximate surface area is 125 Å². The highest BCUT2D eigenvalue weighted by Crippen LogP contribution is 2.11. The molecule has 0 aromatic carbocycles. The first-order chi connectivity index (χ1) is 10.2. The monoisotopic (exact) mass is 296 g/mol. The van der Waals surface area contributed by atoms with Crippen LogP contribution in [0.4, 0.5) is 0 Å². The lowest BCUT2D eigenvalue weighted by molar-refractivity contribution is 0.0310. The standard InChI is InChI=1S/C15H24N2O4/c1-2-13-3-4-14(21-13)15(19)17(7-10-18)6-5-16-8-11-20-12-9-16/h3-4,18H,2,5-12H2,1H3. The van der Waals surface area contributed by atoms with Gasteiger partial charge in [-0.05, 0) is 12.1 Å². The lowest BCUT2D eigenvalue weighted by atomic mass is 10.3. The summed E-state index contributed by atoms with van der Waals surface area (Å²) in [4.78, 5) is 16.3. The van der Waals surface area contributed by atoms with E-state index in [1.165, 1.54) is 0 Å². The van der Waals surface area contributed by atoms with Crippen LogP contribution in [0.25, 0.3) is 0 Å². The SMILES string of the molecule is CCc1ccc(C(=O)N(CCO)CCN2CCOCC2)o1. The smallest absolute Gasteiger partial charge is 0.289 e. The molecule has 2 heterocycles. The van der Waals surface area contributed by atoms with Gasteiger partial charge in [0.05, 0.1) is 19.8 Å². The normalized spacial score (nSPS) is 16.1. The fraction of sp³-hybridized carbons (Fsp3) is 0.667. The highest BCUT2D eigenvalue weighted by atomic mass is 16.5. The maximum Gasteiger partial charge on any atom is 0.289 e. The molecule has 1 aliphatic rings. The van der Waals surface area contributed by atoms with E-state index in [0.717, 1.165) is 45.0 Å². The third kappa shape index (κ3) is 4.56. The molecule has 1 aliphatic heterocycles. The molecule has 1 saturated heterocycles. The number of furan rings is 1. The van der Waals surface area contributed by atoms with Crippen molar-refractivity contribution in [2.24, 2.45) is 0 Å². The number of morpholine rings is 1. The van der Waals surface area contributed by atoms with Crippen molar-refractivity contribution in [1.82, 2.24) is 9.80 Å². The van der Waals surface area contributed by atoms with Gasteiger partial charge in [-0.1, -0.05) is 6.92 Å². The number of aliphatic hydroxyl groups excluding tert-OH is 1. The van der Waals surface area contributed by atoms with Crippen LogP contribution in [-0.4, -0.2) is 73.4 Å². The molecule has 0 aliphatic carbocycles. The number of ether oxygens (including phenoxy) is 1. The molecule has 6 heteroatoms. The first-order valence-corrected chi connectivity index (χ1v) is 7.53. The number of hydrogen-bond acceptors (Lipinski definition) is 5. The third-order valence-corrected chi connectivity index (χ3v) is 3.67. The maximum absolute atomic E-state index is 12.4. The number of rotatable bonds is 7. The van der Waals surface area contributed by atoms with Gasteiger partial charge in [0.2, 0.25) is 0 Å². The van der Waals surface area contributed by atoms with Gasteiger partial charge in [0.1, 0.15) is 5.76 Å². The Morgan fingerprint density at radius 1 is 1.33 bits per heavy atom. The fourth-order valence-electron chi connectivity index (χ4n) is 2.36. The number of nitrogens with zero attached hydrogens (tertiary/aromatic N) is 2. The van der Waals surface area contributed by atoms with Crippen LogP contribution >= 0.6 is 0 Å². The van der Waals surface area contributed by atoms with Crippen LogP contribution in [0.3, 0.4) is 0 Å². The van der Waals surface area contributed by atoms with E-state index in [-0.39, 0.29) is 12.5 Å². The molecule has 21 heavy (non-hydrogen) atoms. The molecule has 0 atom stereocenters. The average Bonchev–Trinajstić information content (AvgIpc) is 3.01.